The minimum Gasteiger partial charge on any atom is -0.337 e. The van der Waals surface area contributed by atoms with Crippen LogP contribution in [0.5, 0.6) is 0 Å². The third kappa shape index (κ3) is 3.33. The number of imidazole rings is 1. The zero-order valence-corrected chi connectivity index (χ0v) is 14.1. The number of carbonyl (C=O) groups excluding carboxylic acids is 1. The highest BCUT2D eigenvalue weighted by Crippen LogP contribution is 2.25. The number of aromatic nitrogens is 4. The van der Waals surface area contributed by atoms with Crippen LogP contribution in [0, 0.1) is 5.95 Å². The lowest BCUT2D eigenvalue weighted by Gasteiger charge is -2.33. The normalized spacial score (nSPS) is 17.3. The minimum atomic E-state index is -0.583. The number of hydrogen-bond acceptors (Lipinski definition) is 4. The van der Waals surface area contributed by atoms with Gasteiger partial charge in [0.15, 0.2) is 0 Å². The van der Waals surface area contributed by atoms with Crippen molar-refractivity contribution in [3.63, 3.8) is 0 Å². The van der Waals surface area contributed by atoms with Gasteiger partial charge in [-0.25, -0.2) is 9.97 Å². The molecule has 1 aliphatic heterocycles. The Labute approximate surface area is 150 Å². The number of nitrogens with zero attached hydrogens (tertiary/aromatic N) is 5. The van der Waals surface area contributed by atoms with Crippen LogP contribution < -0.4 is 0 Å². The first-order valence-electron chi connectivity index (χ1n) is 8.55. The van der Waals surface area contributed by atoms with Gasteiger partial charge in [-0.1, -0.05) is 0 Å². The van der Waals surface area contributed by atoms with Gasteiger partial charge in [-0.15, -0.1) is 0 Å². The Morgan fingerprint density at radius 3 is 2.77 bits per heavy atom. The SMILES string of the molecule is O=C(c1ccc(F)nc1)N1CCCC(n2cnc(-c3ccncc3)c2)C1. The number of amides is 1. The molecule has 0 N–H and O–H groups in total. The number of hydrogen-bond donors (Lipinski definition) is 0. The van der Waals surface area contributed by atoms with Crippen LogP contribution in [0.25, 0.3) is 11.3 Å². The van der Waals surface area contributed by atoms with Crippen LogP contribution in [0.3, 0.4) is 0 Å². The summed E-state index contributed by atoms with van der Waals surface area (Å²) in [7, 11) is 0. The van der Waals surface area contributed by atoms with Gasteiger partial charge in [0.05, 0.1) is 23.6 Å². The van der Waals surface area contributed by atoms with Crippen molar-refractivity contribution in [1.82, 2.24) is 24.4 Å². The molecule has 0 bridgehead atoms. The molecule has 132 valence electrons. The summed E-state index contributed by atoms with van der Waals surface area (Å²) in [6.07, 6.45) is 10.5. The van der Waals surface area contributed by atoms with E-state index in [1.165, 1.54) is 18.3 Å². The number of halogens is 1. The van der Waals surface area contributed by atoms with Crippen molar-refractivity contribution in [2.24, 2.45) is 0 Å². The van der Waals surface area contributed by atoms with Crippen molar-refractivity contribution < 1.29 is 9.18 Å². The lowest BCUT2D eigenvalue weighted by Crippen LogP contribution is -2.40. The van der Waals surface area contributed by atoms with Crippen LogP contribution in [-0.2, 0) is 0 Å². The molecule has 4 heterocycles. The molecule has 3 aromatic heterocycles. The largest absolute Gasteiger partial charge is 0.337 e. The maximum Gasteiger partial charge on any atom is 0.255 e. The highest BCUT2D eigenvalue weighted by atomic mass is 19.1. The lowest BCUT2D eigenvalue weighted by molar-refractivity contribution is 0.0679. The topological polar surface area (TPSA) is 63.9 Å². The summed E-state index contributed by atoms with van der Waals surface area (Å²) in [5, 5.41) is 0. The number of pyridine rings is 2. The van der Waals surface area contributed by atoms with E-state index in [1.807, 2.05) is 24.7 Å². The molecule has 1 aliphatic rings. The molecule has 1 atom stereocenters. The minimum absolute atomic E-state index is 0.114. The highest BCUT2D eigenvalue weighted by molar-refractivity contribution is 5.93. The molecule has 0 aromatic carbocycles. The number of rotatable bonds is 3. The Bertz CT molecular complexity index is 894. The van der Waals surface area contributed by atoms with E-state index < -0.39 is 5.95 Å². The lowest BCUT2D eigenvalue weighted by atomic mass is 10.0. The summed E-state index contributed by atoms with van der Waals surface area (Å²) in [4.78, 5) is 26.5. The summed E-state index contributed by atoms with van der Waals surface area (Å²) in [6, 6.07) is 6.71. The van der Waals surface area contributed by atoms with Crippen LogP contribution in [0.4, 0.5) is 4.39 Å². The summed E-state index contributed by atoms with van der Waals surface area (Å²) >= 11 is 0. The van der Waals surface area contributed by atoms with Crippen LogP contribution >= 0.6 is 0 Å². The molecule has 0 spiro atoms. The second kappa shape index (κ2) is 7.03. The molecule has 1 saturated heterocycles. The van der Waals surface area contributed by atoms with E-state index in [-0.39, 0.29) is 11.9 Å². The summed E-state index contributed by atoms with van der Waals surface area (Å²) in [5.41, 5.74) is 2.31. The fourth-order valence-electron chi connectivity index (χ4n) is 3.28. The summed E-state index contributed by atoms with van der Waals surface area (Å²) in [6.45, 7) is 1.29. The molecule has 4 rings (SSSR count). The highest BCUT2D eigenvalue weighted by Gasteiger charge is 2.26. The zero-order chi connectivity index (χ0) is 17.9. The van der Waals surface area contributed by atoms with E-state index in [0.29, 0.717) is 18.7 Å². The molecule has 6 nitrogen and oxygen atoms in total. The Morgan fingerprint density at radius 1 is 1.15 bits per heavy atom. The first kappa shape index (κ1) is 16.4. The summed E-state index contributed by atoms with van der Waals surface area (Å²) in [5.74, 6) is -0.697. The zero-order valence-electron chi connectivity index (χ0n) is 14.1. The molecule has 7 heteroatoms. The van der Waals surface area contributed by atoms with Gasteiger partial charge in [0.2, 0.25) is 5.95 Å². The molecule has 0 radical (unpaired) electrons. The molecule has 0 aliphatic carbocycles. The molecular weight excluding hydrogens is 333 g/mol. The van der Waals surface area contributed by atoms with Crippen molar-refractivity contribution >= 4 is 5.91 Å². The first-order chi connectivity index (χ1) is 12.7. The van der Waals surface area contributed by atoms with Crippen LogP contribution in [0.1, 0.15) is 29.2 Å². The molecule has 3 aromatic rings. The van der Waals surface area contributed by atoms with Crippen molar-refractivity contribution in [1.29, 1.82) is 0 Å². The third-order valence-electron chi connectivity index (χ3n) is 4.66. The van der Waals surface area contributed by atoms with E-state index in [1.54, 1.807) is 17.3 Å². The van der Waals surface area contributed by atoms with Gasteiger partial charge in [0, 0.05) is 43.4 Å². The van der Waals surface area contributed by atoms with Gasteiger partial charge in [0.1, 0.15) is 0 Å². The molecule has 0 saturated carbocycles. The third-order valence-corrected chi connectivity index (χ3v) is 4.66. The molecule has 1 amide bonds. The van der Waals surface area contributed by atoms with Crippen LogP contribution in [-0.4, -0.2) is 43.4 Å². The maximum absolute atomic E-state index is 13.0. The summed E-state index contributed by atoms with van der Waals surface area (Å²) < 4.78 is 15.0. The van der Waals surface area contributed by atoms with Crippen LogP contribution in [0.2, 0.25) is 0 Å². The Balaban J connectivity index is 1.49. The van der Waals surface area contributed by atoms with E-state index in [9.17, 15) is 9.18 Å². The monoisotopic (exact) mass is 351 g/mol. The maximum atomic E-state index is 13.0. The standard InChI is InChI=1S/C19H18FN5O/c20-18-4-3-15(10-22-18)19(26)24-9-1-2-16(11-24)25-12-17(23-13-25)14-5-7-21-8-6-14/h3-8,10,12-13,16H,1-2,9,11H2. The van der Waals surface area contributed by atoms with Crippen molar-refractivity contribution in [2.45, 2.75) is 18.9 Å². The van der Waals surface area contributed by atoms with Crippen molar-refractivity contribution in [3.8, 4) is 11.3 Å². The fraction of sp³-hybridized carbons (Fsp3) is 0.263. The molecule has 26 heavy (non-hydrogen) atoms. The smallest absolute Gasteiger partial charge is 0.255 e. The average molecular weight is 351 g/mol. The number of piperidine rings is 1. The van der Waals surface area contributed by atoms with Crippen molar-refractivity contribution in [2.75, 3.05) is 13.1 Å². The quantitative estimate of drug-likeness (QED) is 0.681. The second-order valence-electron chi connectivity index (χ2n) is 6.36. The van der Waals surface area contributed by atoms with Gasteiger partial charge >= 0.3 is 0 Å². The van der Waals surface area contributed by atoms with Gasteiger partial charge in [-0.3, -0.25) is 9.78 Å². The Hall–Kier alpha value is -3.09. The Kier molecular flexibility index (Phi) is 4.43. The average Bonchev–Trinajstić information content (AvgIpc) is 3.19. The predicted molar refractivity (Wildman–Crippen MR) is 93.8 cm³/mol. The van der Waals surface area contributed by atoms with Gasteiger partial charge < -0.3 is 9.47 Å². The predicted octanol–water partition coefficient (Wildman–Crippen LogP) is 2.96. The molecular formula is C19H18FN5O. The van der Waals surface area contributed by atoms with E-state index >= 15 is 0 Å². The molecule has 1 unspecified atom stereocenters. The second-order valence-corrected chi connectivity index (χ2v) is 6.36. The Morgan fingerprint density at radius 2 is 2.00 bits per heavy atom. The molecule has 1 fully saturated rings. The van der Waals surface area contributed by atoms with Gasteiger partial charge in [-0.05, 0) is 37.1 Å². The van der Waals surface area contributed by atoms with Gasteiger partial charge in [0.25, 0.3) is 5.91 Å². The van der Waals surface area contributed by atoms with E-state index in [2.05, 4.69) is 19.5 Å². The van der Waals surface area contributed by atoms with E-state index in [4.69, 9.17) is 0 Å². The fourth-order valence-corrected chi connectivity index (χ4v) is 3.28. The van der Waals surface area contributed by atoms with E-state index in [0.717, 1.165) is 24.1 Å². The number of carbonyl (C=O) groups is 1. The van der Waals surface area contributed by atoms with Crippen LogP contribution in [0.15, 0.2) is 55.4 Å². The van der Waals surface area contributed by atoms with Gasteiger partial charge in [-0.2, -0.15) is 4.39 Å². The number of likely N-dealkylation sites (tertiary alicyclic amines) is 1. The van der Waals surface area contributed by atoms with Crippen molar-refractivity contribution in [3.05, 3.63) is 66.9 Å². The first-order valence-corrected chi connectivity index (χ1v) is 8.55.